The lowest BCUT2D eigenvalue weighted by molar-refractivity contribution is -0.00531. The first-order chi connectivity index (χ1) is 9.68. The number of hydrogen-bond donors (Lipinski definition) is 2. The highest BCUT2D eigenvalue weighted by Gasteiger charge is 2.30. The van der Waals surface area contributed by atoms with Crippen molar-refractivity contribution in [3.8, 4) is 11.3 Å². The van der Waals surface area contributed by atoms with Gasteiger partial charge in [-0.1, -0.05) is 30.3 Å². The van der Waals surface area contributed by atoms with Crippen LogP contribution in [0.5, 0.6) is 0 Å². The number of nitrogens with zero attached hydrogens (tertiary/aromatic N) is 1. The Balaban J connectivity index is 1.92. The second-order valence-corrected chi connectivity index (χ2v) is 5.79. The van der Waals surface area contributed by atoms with E-state index in [1.54, 1.807) is 0 Å². The third kappa shape index (κ3) is 2.65. The lowest BCUT2D eigenvalue weighted by Gasteiger charge is -2.34. The fourth-order valence-electron chi connectivity index (χ4n) is 2.98. The summed E-state index contributed by atoms with van der Waals surface area (Å²) in [6.45, 7) is 4.59. The van der Waals surface area contributed by atoms with Crippen molar-refractivity contribution in [2.45, 2.75) is 31.9 Å². The van der Waals surface area contributed by atoms with Crippen LogP contribution in [0.1, 0.15) is 18.5 Å². The highest BCUT2D eigenvalue weighted by molar-refractivity contribution is 5.60. The molecule has 0 atom stereocenters. The first-order valence-corrected chi connectivity index (χ1v) is 7.33. The Morgan fingerprint density at radius 2 is 1.80 bits per heavy atom. The second kappa shape index (κ2) is 5.43. The molecule has 0 saturated carbocycles. The maximum absolute atomic E-state index is 10.8. The average molecular weight is 270 g/mol. The smallest absolute Gasteiger partial charge is 0.0850 e. The minimum atomic E-state index is -0.585. The monoisotopic (exact) mass is 270 g/mol. The standard InChI is InChI=1S/C17H22N2O/c1-14-7-8-16(15-5-3-2-4-6-15)19(14)13-17(20)9-11-18-12-10-17/h2-8,18,20H,9-13H2,1H3. The Morgan fingerprint density at radius 3 is 2.50 bits per heavy atom. The van der Waals surface area contributed by atoms with Gasteiger partial charge in [0.05, 0.1) is 12.1 Å². The molecule has 0 radical (unpaired) electrons. The Morgan fingerprint density at radius 1 is 1.10 bits per heavy atom. The molecule has 0 bridgehead atoms. The van der Waals surface area contributed by atoms with Crippen LogP contribution >= 0.6 is 0 Å². The van der Waals surface area contributed by atoms with Crippen LogP contribution in [0, 0.1) is 6.92 Å². The van der Waals surface area contributed by atoms with Crippen molar-refractivity contribution in [1.82, 2.24) is 9.88 Å². The van der Waals surface area contributed by atoms with E-state index in [9.17, 15) is 5.11 Å². The summed E-state index contributed by atoms with van der Waals surface area (Å²) in [6.07, 6.45) is 1.64. The largest absolute Gasteiger partial charge is 0.388 e. The van der Waals surface area contributed by atoms with Gasteiger partial charge in [0.2, 0.25) is 0 Å². The number of benzene rings is 1. The Bertz CT molecular complexity index is 568. The quantitative estimate of drug-likeness (QED) is 0.899. The number of piperidine rings is 1. The Labute approximate surface area is 120 Å². The SMILES string of the molecule is Cc1ccc(-c2ccccc2)n1CC1(O)CCNCC1. The van der Waals surface area contributed by atoms with Crippen LogP contribution in [0.3, 0.4) is 0 Å². The summed E-state index contributed by atoms with van der Waals surface area (Å²) >= 11 is 0. The third-order valence-electron chi connectivity index (χ3n) is 4.26. The zero-order valence-corrected chi connectivity index (χ0v) is 12.0. The Hall–Kier alpha value is -1.58. The number of hydrogen-bond acceptors (Lipinski definition) is 2. The molecule has 1 saturated heterocycles. The summed E-state index contributed by atoms with van der Waals surface area (Å²) in [6, 6.07) is 14.7. The van der Waals surface area contributed by atoms with Gasteiger partial charge in [0, 0.05) is 11.4 Å². The first kappa shape index (κ1) is 13.4. The molecular weight excluding hydrogens is 248 g/mol. The molecule has 1 aromatic carbocycles. The van der Waals surface area contributed by atoms with Crippen molar-refractivity contribution >= 4 is 0 Å². The summed E-state index contributed by atoms with van der Waals surface area (Å²) in [4.78, 5) is 0. The average Bonchev–Trinajstić information content (AvgIpc) is 2.81. The molecule has 2 aromatic rings. The lowest BCUT2D eigenvalue weighted by atomic mass is 9.92. The maximum atomic E-state index is 10.8. The van der Waals surface area contributed by atoms with Gasteiger partial charge >= 0.3 is 0 Å². The molecule has 0 spiro atoms. The van der Waals surface area contributed by atoms with Crippen molar-refractivity contribution in [3.63, 3.8) is 0 Å². The van der Waals surface area contributed by atoms with E-state index in [1.807, 2.05) is 6.07 Å². The van der Waals surface area contributed by atoms with E-state index in [-0.39, 0.29) is 0 Å². The molecule has 2 N–H and O–H groups in total. The van der Waals surface area contributed by atoms with Crippen molar-refractivity contribution in [2.75, 3.05) is 13.1 Å². The first-order valence-electron chi connectivity index (χ1n) is 7.33. The van der Waals surface area contributed by atoms with Gasteiger partial charge in [0.25, 0.3) is 0 Å². The van der Waals surface area contributed by atoms with Gasteiger partial charge in [-0.3, -0.25) is 0 Å². The van der Waals surface area contributed by atoms with Gasteiger partial charge in [-0.2, -0.15) is 0 Å². The van der Waals surface area contributed by atoms with Gasteiger partial charge in [0.15, 0.2) is 0 Å². The molecule has 2 heterocycles. The van der Waals surface area contributed by atoms with Crippen LogP contribution in [-0.2, 0) is 6.54 Å². The zero-order valence-electron chi connectivity index (χ0n) is 12.0. The van der Waals surface area contributed by atoms with E-state index in [0.29, 0.717) is 6.54 Å². The third-order valence-corrected chi connectivity index (χ3v) is 4.26. The molecule has 1 aliphatic rings. The van der Waals surface area contributed by atoms with Crippen LogP contribution in [-0.4, -0.2) is 28.4 Å². The second-order valence-electron chi connectivity index (χ2n) is 5.79. The zero-order chi connectivity index (χ0) is 14.0. The van der Waals surface area contributed by atoms with Crippen LogP contribution < -0.4 is 5.32 Å². The number of aromatic nitrogens is 1. The van der Waals surface area contributed by atoms with E-state index >= 15 is 0 Å². The van der Waals surface area contributed by atoms with Crippen molar-refractivity contribution in [2.24, 2.45) is 0 Å². The van der Waals surface area contributed by atoms with E-state index < -0.39 is 5.60 Å². The van der Waals surface area contributed by atoms with Crippen LogP contribution in [0.15, 0.2) is 42.5 Å². The topological polar surface area (TPSA) is 37.2 Å². The van der Waals surface area contributed by atoms with Crippen LogP contribution in [0.4, 0.5) is 0 Å². The predicted molar refractivity (Wildman–Crippen MR) is 81.7 cm³/mol. The van der Waals surface area contributed by atoms with Crippen molar-refractivity contribution in [3.05, 3.63) is 48.2 Å². The van der Waals surface area contributed by atoms with Gasteiger partial charge in [-0.15, -0.1) is 0 Å². The highest BCUT2D eigenvalue weighted by atomic mass is 16.3. The van der Waals surface area contributed by atoms with Crippen LogP contribution in [0.25, 0.3) is 11.3 Å². The molecule has 1 fully saturated rings. The number of aliphatic hydroxyl groups is 1. The molecule has 1 aromatic heterocycles. The van der Waals surface area contributed by atoms with E-state index in [1.165, 1.54) is 17.0 Å². The van der Waals surface area contributed by atoms with Crippen molar-refractivity contribution < 1.29 is 5.11 Å². The summed E-state index contributed by atoms with van der Waals surface area (Å²) in [7, 11) is 0. The molecule has 3 rings (SSSR count). The molecule has 1 aliphatic heterocycles. The van der Waals surface area contributed by atoms with Crippen LogP contribution in [0.2, 0.25) is 0 Å². The van der Waals surface area contributed by atoms with E-state index in [4.69, 9.17) is 0 Å². The van der Waals surface area contributed by atoms with E-state index in [0.717, 1.165) is 25.9 Å². The van der Waals surface area contributed by atoms with Crippen molar-refractivity contribution in [1.29, 1.82) is 0 Å². The lowest BCUT2D eigenvalue weighted by Crippen LogP contribution is -2.45. The summed E-state index contributed by atoms with van der Waals surface area (Å²) in [5.74, 6) is 0. The molecule has 0 unspecified atom stereocenters. The minimum Gasteiger partial charge on any atom is -0.388 e. The highest BCUT2D eigenvalue weighted by Crippen LogP contribution is 2.27. The van der Waals surface area contributed by atoms with E-state index in [2.05, 4.69) is 53.2 Å². The Kier molecular flexibility index (Phi) is 3.64. The summed E-state index contributed by atoms with van der Waals surface area (Å²) in [5, 5.41) is 14.1. The molecular formula is C17H22N2O. The minimum absolute atomic E-state index is 0.585. The van der Waals surface area contributed by atoms with Gasteiger partial charge in [-0.05, 0) is 50.6 Å². The molecule has 0 aliphatic carbocycles. The maximum Gasteiger partial charge on any atom is 0.0850 e. The fourth-order valence-corrected chi connectivity index (χ4v) is 2.98. The molecule has 20 heavy (non-hydrogen) atoms. The molecule has 106 valence electrons. The number of aryl methyl sites for hydroxylation is 1. The fraction of sp³-hybridized carbons (Fsp3) is 0.412. The summed E-state index contributed by atoms with van der Waals surface area (Å²) in [5.41, 5.74) is 3.02. The molecule has 3 heteroatoms. The normalized spacial score (nSPS) is 18.1. The predicted octanol–water partition coefficient (Wildman–Crippen LogP) is 2.58. The van der Waals surface area contributed by atoms with Gasteiger partial charge < -0.3 is 15.0 Å². The van der Waals surface area contributed by atoms with Gasteiger partial charge in [0.1, 0.15) is 0 Å². The molecule has 0 amide bonds. The summed E-state index contributed by atoms with van der Waals surface area (Å²) < 4.78 is 2.25. The van der Waals surface area contributed by atoms with Gasteiger partial charge in [-0.25, -0.2) is 0 Å². The number of nitrogens with one attached hydrogen (secondary N) is 1. The molecule has 3 nitrogen and oxygen atoms in total. The number of rotatable bonds is 3.